The van der Waals surface area contributed by atoms with Crippen LogP contribution in [0.15, 0.2) is 12.1 Å². The highest BCUT2D eigenvalue weighted by atomic mass is 16.5. The largest absolute Gasteiger partial charge is 0.496 e. The number of ether oxygens (including phenoxy) is 3. The Morgan fingerprint density at radius 3 is 2.00 bits per heavy atom. The van der Waals surface area contributed by atoms with Crippen molar-refractivity contribution in [3.05, 3.63) is 17.7 Å². The van der Waals surface area contributed by atoms with E-state index in [9.17, 15) is 5.11 Å². The Bertz CT molecular complexity index is 365. The molecule has 0 radical (unpaired) electrons. The lowest BCUT2D eigenvalue weighted by molar-refractivity contribution is 0.155. The van der Waals surface area contributed by atoms with Gasteiger partial charge in [-0.15, -0.1) is 0 Å². The monoisotopic (exact) mass is 268 g/mol. The minimum absolute atomic E-state index is 0.581. The molecule has 0 amide bonds. The Kier molecular flexibility index (Phi) is 6.50. The van der Waals surface area contributed by atoms with Gasteiger partial charge in [-0.3, -0.25) is 0 Å². The number of aliphatic hydroxyl groups is 1. The van der Waals surface area contributed by atoms with Gasteiger partial charge in [0.2, 0.25) is 0 Å². The molecule has 1 aromatic rings. The highest BCUT2D eigenvalue weighted by molar-refractivity contribution is 5.51. The van der Waals surface area contributed by atoms with E-state index in [1.165, 1.54) is 0 Å². The van der Waals surface area contributed by atoms with Crippen molar-refractivity contribution in [3.63, 3.8) is 0 Å². The van der Waals surface area contributed by atoms with Gasteiger partial charge < -0.3 is 19.3 Å². The lowest BCUT2D eigenvalue weighted by atomic mass is 10.0. The molecular formula is C15H24O4. The minimum atomic E-state index is -0.581. The zero-order valence-electron chi connectivity index (χ0n) is 12.2. The Morgan fingerprint density at radius 1 is 1.00 bits per heavy atom. The third-order valence-electron chi connectivity index (χ3n) is 3.17. The first-order valence-corrected chi connectivity index (χ1v) is 6.65. The van der Waals surface area contributed by atoms with E-state index in [1.54, 1.807) is 33.5 Å². The second-order valence-electron chi connectivity index (χ2n) is 4.46. The molecule has 1 atom stereocenters. The molecular weight excluding hydrogens is 244 g/mol. The summed E-state index contributed by atoms with van der Waals surface area (Å²) in [7, 11) is 4.75. The molecule has 0 spiro atoms. The second-order valence-corrected chi connectivity index (χ2v) is 4.46. The van der Waals surface area contributed by atoms with Crippen LogP contribution in [0.25, 0.3) is 0 Å². The summed E-state index contributed by atoms with van der Waals surface area (Å²) < 4.78 is 15.9. The third-order valence-corrected chi connectivity index (χ3v) is 3.17. The summed E-state index contributed by atoms with van der Waals surface area (Å²) in [5, 5.41) is 10.3. The maximum absolute atomic E-state index is 10.3. The Hall–Kier alpha value is -1.42. The molecule has 0 fully saturated rings. The van der Waals surface area contributed by atoms with E-state index in [0.717, 1.165) is 19.3 Å². The van der Waals surface area contributed by atoms with E-state index in [-0.39, 0.29) is 0 Å². The molecule has 0 aliphatic rings. The zero-order chi connectivity index (χ0) is 14.3. The van der Waals surface area contributed by atoms with Gasteiger partial charge in [-0.25, -0.2) is 0 Å². The van der Waals surface area contributed by atoms with Crippen LogP contribution in [0.1, 0.15) is 44.3 Å². The Labute approximate surface area is 115 Å². The summed E-state index contributed by atoms with van der Waals surface area (Å²) in [5.74, 6) is 1.85. The van der Waals surface area contributed by atoms with E-state index >= 15 is 0 Å². The lowest BCUT2D eigenvalue weighted by Gasteiger charge is -2.19. The molecule has 0 saturated carbocycles. The van der Waals surface area contributed by atoms with Crippen LogP contribution in [-0.2, 0) is 0 Å². The molecule has 1 unspecified atom stereocenters. The minimum Gasteiger partial charge on any atom is -0.496 e. The van der Waals surface area contributed by atoms with E-state index in [4.69, 9.17) is 14.2 Å². The van der Waals surface area contributed by atoms with Gasteiger partial charge in [-0.2, -0.15) is 0 Å². The highest BCUT2D eigenvalue weighted by Gasteiger charge is 2.20. The van der Waals surface area contributed by atoms with Crippen molar-refractivity contribution in [2.24, 2.45) is 0 Å². The SMILES string of the molecule is CCCCCC(O)c1c(OC)cc(OC)cc1OC. The topological polar surface area (TPSA) is 47.9 Å². The molecule has 1 rings (SSSR count). The number of benzene rings is 1. The second kappa shape index (κ2) is 7.89. The first-order chi connectivity index (χ1) is 9.17. The van der Waals surface area contributed by atoms with Crippen LogP contribution in [0.3, 0.4) is 0 Å². The van der Waals surface area contributed by atoms with Gasteiger partial charge in [0.15, 0.2) is 0 Å². The van der Waals surface area contributed by atoms with Gasteiger partial charge in [-0.05, 0) is 6.42 Å². The maximum Gasteiger partial charge on any atom is 0.132 e. The van der Waals surface area contributed by atoms with Crippen LogP contribution >= 0.6 is 0 Å². The van der Waals surface area contributed by atoms with Crippen LogP contribution in [0, 0.1) is 0 Å². The van der Waals surface area contributed by atoms with Crippen LogP contribution < -0.4 is 14.2 Å². The molecule has 1 aromatic carbocycles. The van der Waals surface area contributed by atoms with Gasteiger partial charge in [0.1, 0.15) is 17.2 Å². The fraction of sp³-hybridized carbons (Fsp3) is 0.600. The normalized spacial score (nSPS) is 12.1. The van der Waals surface area contributed by atoms with Crippen LogP contribution in [-0.4, -0.2) is 26.4 Å². The smallest absolute Gasteiger partial charge is 0.132 e. The van der Waals surface area contributed by atoms with Crippen LogP contribution in [0.2, 0.25) is 0 Å². The Balaban J connectivity index is 3.02. The fourth-order valence-electron chi connectivity index (χ4n) is 2.09. The molecule has 4 nitrogen and oxygen atoms in total. The van der Waals surface area contributed by atoms with E-state index < -0.39 is 6.10 Å². The standard InChI is InChI=1S/C15H24O4/c1-5-6-7-8-12(16)15-13(18-3)9-11(17-2)10-14(15)19-4/h9-10,12,16H,5-8H2,1-4H3. The third kappa shape index (κ3) is 4.03. The first kappa shape index (κ1) is 15.6. The molecule has 0 aliphatic heterocycles. The van der Waals surface area contributed by atoms with E-state index in [2.05, 4.69) is 6.92 Å². The molecule has 0 saturated heterocycles. The van der Waals surface area contributed by atoms with E-state index in [0.29, 0.717) is 29.2 Å². The summed E-state index contributed by atoms with van der Waals surface area (Å²) in [4.78, 5) is 0. The van der Waals surface area contributed by atoms with Gasteiger partial charge in [-0.1, -0.05) is 26.2 Å². The van der Waals surface area contributed by atoms with Crippen molar-refractivity contribution in [3.8, 4) is 17.2 Å². The average Bonchev–Trinajstić information content (AvgIpc) is 2.45. The van der Waals surface area contributed by atoms with Crippen molar-refractivity contribution in [1.82, 2.24) is 0 Å². The summed E-state index contributed by atoms with van der Waals surface area (Å²) in [6.07, 6.45) is 3.34. The van der Waals surface area contributed by atoms with Crippen molar-refractivity contribution in [2.75, 3.05) is 21.3 Å². The quantitative estimate of drug-likeness (QED) is 0.735. The molecule has 0 aliphatic carbocycles. The molecule has 1 N–H and O–H groups in total. The van der Waals surface area contributed by atoms with E-state index in [1.807, 2.05) is 0 Å². The van der Waals surface area contributed by atoms with Crippen LogP contribution in [0.5, 0.6) is 17.2 Å². The number of unbranched alkanes of at least 4 members (excludes halogenated alkanes) is 2. The lowest BCUT2D eigenvalue weighted by Crippen LogP contribution is -2.04. The van der Waals surface area contributed by atoms with Crippen molar-refractivity contribution in [2.45, 2.75) is 38.7 Å². The first-order valence-electron chi connectivity index (χ1n) is 6.65. The summed E-state index contributed by atoms with van der Waals surface area (Å²) in [5.41, 5.74) is 0.696. The summed E-state index contributed by atoms with van der Waals surface area (Å²) in [6.45, 7) is 2.14. The van der Waals surface area contributed by atoms with Gasteiger partial charge in [0.05, 0.1) is 33.0 Å². The molecule has 108 valence electrons. The molecule has 0 aromatic heterocycles. The van der Waals surface area contributed by atoms with Gasteiger partial charge in [0.25, 0.3) is 0 Å². The van der Waals surface area contributed by atoms with Crippen molar-refractivity contribution in [1.29, 1.82) is 0 Å². The fourth-order valence-corrected chi connectivity index (χ4v) is 2.09. The summed E-state index contributed by atoms with van der Waals surface area (Å²) >= 11 is 0. The molecule has 0 heterocycles. The predicted octanol–water partition coefficient (Wildman–Crippen LogP) is 3.33. The molecule has 4 heteroatoms. The van der Waals surface area contributed by atoms with Crippen molar-refractivity contribution >= 4 is 0 Å². The number of hydrogen-bond donors (Lipinski definition) is 1. The number of methoxy groups -OCH3 is 3. The molecule has 0 bridgehead atoms. The highest BCUT2D eigenvalue weighted by Crippen LogP contribution is 2.39. The number of rotatable bonds is 8. The Morgan fingerprint density at radius 2 is 1.58 bits per heavy atom. The van der Waals surface area contributed by atoms with Crippen LogP contribution in [0.4, 0.5) is 0 Å². The zero-order valence-corrected chi connectivity index (χ0v) is 12.2. The van der Waals surface area contributed by atoms with Gasteiger partial charge in [0, 0.05) is 12.1 Å². The van der Waals surface area contributed by atoms with Crippen molar-refractivity contribution < 1.29 is 19.3 Å². The predicted molar refractivity (Wildman–Crippen MR) is 75.2 cm³/mol. The maximum atomic E-state index is 10.3. The number of hydrogen-bond acceptors (Lipinski definition) is 4. The van der Waals surface area contributed by atoms with Gasteiger partial charge >= 0.3 is 0 Å². The number of aliphatic hydroxyl groups excluding tert-OH is 1. The molecule has 19 heavy (non-hydrogen) atoms. The average molecular weight is 268 g/mol. The summed E-state index contributed by atoms with van der Waals surface area (Å²) in [6, 6.07) is 3.53.